The number of benzene rings is 2. The van der Waals surface area contributed by atoms with Gasteiger partial charge in [0.25, 0.3) is 5.91 Å². The Morgan fingerprint density at radius 1 is 1.00 bits per heavy atom. The maximum absolute atomic E-state index is 11.7. The lowest BCUT2D eigenvalue weighted by molar-refractivity contribution is 0.0963. The van der Waals surface area contributed by atoms with Crippen LogP contribution >= 0.6 is 0 Å². The molecule has 0 saturated carbocycles. The quantitative estimate of drug-likeness (QED) is 0.770. The van der Waals surface area contributed by atoms with Crippen molar-refractivity contribution in [2.75, 3.05) is 7.05 Å². The van der Waals surface area contributed by atoms with E-state index in [4.69, 9.17) is 0 Å². The molecule has 1 heterocycles. The van der Waals surface area contributed by atoms with E-state index in [0.717, 1.165) is 22.2 Å². The lowest BCUT2D eigenvalue weighted by atomic mass is 10.1. The number of fused-ring (bicyclic) bond motifs is 1. The van der Waals surface area contributed by atoms with Crippen LogP contribution in [0.3, 0.4) is 0 Å². The van der Waals surface area contributed by atoms with Crippen molar-refractivity contribution < 1.29 is 4.79 Å². The molecule has 3 nitrogen and oxygen atoms in total. The third kappa shape index (κ3) is 2.26. The normalized spacial score (nSPS) is 10.4. The van der Waals surface area contributed by atoms with Crippen molar-refractivity contribution in [2.24, 2.45) is 0 Å². The average Bonchev–Trinajstić information content (AvgIpc) is 2.53. The third-order valence-corrected chi connectivity index (χ3v) is 3.25. The number of pyridine rings is 1. The molecule has 2 aromatic carbocycles. The first-order chi connectivity index (χ1) is 9.78. The van der Waals surface area contributed by atoms with Crippen molar-refractivity contribution in [3.63, 3.8) is 0 Å². The first-order valence-corrected chi connectivity index (χ1v) is 6.46. The lowest BCUT2D eigenvalue weighted by Gasteiger charge is -2.05. The van der Waals surface area contributed by atoms with Gasteiger partial charge in [0, 0.05) is 23.6 Å². The summed E-state index contributed by atoms with van der Waals surface area (Å²) < 4.78 is 0. The zero-order chi connectivity index (χ0) is 13.9. The van der Waals surface area contributed by atoms with Gasteiger partial charge in [-0.3, -0.25) is 4.79 Å². The molecule has 0 radical (unpaired) electrons. The second-order valence-electron chi connectivity index (χ2n) is 4.55. The molecule has 0 unspecified atom stereocenters. The van der Waals surface area contributed by atoms with Gasteiger partial charge >= 0.3 is 0 Å². The summed E-state index contributed by atoms with van der Waals surface area (Å²) in [5.41, 5.74) is 3.40. The molecule has 0 saturated heterocycles. The minimum atomic E-state index is -0.0901. The highest BCUT2D eigenvalue weighted by molar-refractivity contribution is 5.95. The second-order valence-corrected chi connectivity index (χ2v) is 4.55. The molecule has 0 aliphatic carbocycles. The van der Waals surface area contributed by atoms with Gasteiger partial charge in [-0.15, -0.1) is 0 Å². The van der Waals surface area contributed by atoms with Crippen LogP contribution < -0.4 is 5.32 Å². The number of rotatable bonds is 2. The number of para-hydroxylation sites is 1. The van der Waals surface area contributed by atoms with Crippen molar-refractivity contribution >= 4 is 16.8 Å². The summed E-state index contributed by atoms with van der Waals surface area (Å²) in [7, 11) is 1.63. The Morgan fingerprint density at radius 2 is 1.85 bits per heavy atom. The van der Waals surface area contributed by atoms with E-state index in [-0.39, 0.29) is 5.91 Å². The maximum atomic E-state index is 11.7. The van der Waals surface area contributed by atoms with E-state index in [1.165, 1.54) is 0 Å². The Kier molecular flexibility index (Phi) is 3.17. The Labute approximate surface area is 117 Å². The van der Waals surface area contributed by atoms with Crippen LogP contribution in [0.1, 0.15) is 10.4 Å². The minimum absolute atomic E-state index is 0.0901. The Bertz CT molecular complexity index is 781. The monoisotopic (exact) mass is 262 g/mol. The largest absolute Gasteiger partial charge is 0.355 e. The van der Waals surface area contributed by atoms with Crippen LogP contribution in [0.25, 0.3) is 22.2 Å². The molecule has 1 aromatic heterocycles. The fourth-order valence-corrected chi connectivity index (χ4v) is 2.19. The summed E-state index contributed by atoms with van der Waals surface area (Å²) in [4.78, 5) is 16.3. The predicted molar refractivity (Wildman–Crippen MR) is 80.6 cm³/mol. The summed E-state index contributed by atoms with van der Waals surface area (Å²) >= 11 is 0. The molecule has 0 aliphatic rings. The number of hydrogen-bond donors (Lipinski definition) is 1. The molecular weight excluding hydrogens is 248 g/mol. The van der Waals surface area contributed by atoms with E-state index in [0.29, 0.717) is 5.56 Å². The SMILES string of the molecule is CNC(=O)c1cccc(-c2ccc3ccccc3n2)c1. The molecule has 1 N–H and O–H groups in total. The van der Waals surface area contributed by atoms with Gasteiger partial charge < -0.3 is 5.32 Å². The summed E-state index contributed by atoms with van der Waals surface area (Å²) in [5, 5.41) is 3.74. The predicted octanol–water partition coefficient (Wildman–Crippen LogP) is 3.26. The van der Waals surface area contributed by atoms with Gasteiger partial charge in [0.05, 0.1) is 11.2 Å². The van der Waals surface area contributed by atoms with E-state index in [9.17, 15) is 4.79 Å². The molecule has 0 spiro atoms. The summed E-state index contributed by atoms with van der Waals surface area (Å²) in [6.07, 6.45) is 0. The highest BCUT2D eigenvalue weighted by atomic mass is 16.1. The van der Waals surface area contributed by atoms with Crippen molar-refractivity contribution in [3.05, 3.63) is 66.2 Å². The molecule has 0 bridgehead atoms. The second kappa shape index (κ2) is 5.13. The van der Waals surface area contributed by atoms with Crippen LogP contribution in [0.5, 0.6) is 0 Å². The molecule has 3 aromatic rings. The molecule has 0 aliphatic heterocycles. The van der Waals surface area contributed by atoms with Gasteiger partial charge in [0.2, 0.25) is 0 Å². The molecule has 1 amide bonds. The molecule has 3 heteroatoms. The number of aromatic nitrogens is 1. The van der Waals surface area contributed by atoms with Crippen LogP contribution in [0.15, 0.2) is 60.7 Å². The summed E-state index contributed by atoms with van der Waals surface area (Å²) in [5.74, 6) is -0.0901. The van der Waals surface area contributed by atoms with Crippen LogP contribution in [-0.2, 0) is 0 Å². The van der Waals surface area contributed by atoms with Crippen molar-refractivity contribution in [2.45, 2.75) is 0 Å². The smallest absolute Gasteiger partial charge is 0.251 e. The summed E-state index contributed by atoms with van der Waals surface area (Å²) in [6, 6.07) is 19.5. The molecule has 20 heavy (non-hydrogen) atoms. The lowest BCUT2D eigenvalue weighted by Crippen LogP contribution is -2.17. The molecule has 0 atom stereocenters. The van der Waals surface area contributed by atoms with E-state index in [2.05, 4.69) is 10.3 Å². The average molecular weight is 262 g/mol. The fraction of sp³-hybridized carbons (Fsp3) is 0.0588. The first kappa shape index (κ1) is 12.4. The van der Waals surface area contributed by atoms with Crippen LogP contribution in [0.2, 0.25) is 0 Å². The zero-order valence-electron chi connectivity index (χ0n) is 11.1. The standard InChI is InChI=1S/C17H14N2O/c1-18-17(20)14-7-4-6-13(11-14)16-10-9-12-5-2-3-8-15(12)19-16/h2-11H,1H3,(H,18,20). The van der Waals surface area contributed by atoms with Gasteiger partial charge in [-0.1, -0.05) is 36.4 Å². The zero-order valence-corrected chi connectivity index (χ0v) is 11.1. The summed E-state index contributed by atoms with van der Waals surface area (Å²) in [6.45, 7) is 0. The number of nitrogens with zero attached hydrogens (tertiary/aromatic N) is 1. The Balaban J connectivity index is 2.08. The maximum Gasteiger partial charge on any atom is 0.251 e. The van der Waals surface area contributed by atoms with Gasteiger partial charge in [-0.05, 0) is 24.3 Å². The Hall–Kier alpha value is -2.68. The Morgan fingerprint density at radius 3 is 2.70 bits per heavy atom. The van der Waals surface area contributed by atoms with Crippen molar-refractivity contribution in [3.8, 4) is 11.3 Å². The number of carbonyl (C=O) groups excluding carboxylic acids is 1. The van der Waals surface area contributed by atoms with Gasteiger partial charge in [0.1, 0.15) is 0 Å². The highest BCUT2D eigenvalue weighted by Gasteiger charge is 2.06. The van der Waals surface area contributed by atoms with Gasteiger partial charge in [-0.2, -0.15) is 0 Å². The number of nitrogens with one attached hydrogen (secondary N) is 1. The van der Waals surface area contributed by atoms with Gasteiger partial charge in [-0.25, -0.2) is 4.98 Å². The molecule has 0 fully saturated rings. The van der Waals surface area contributed by atoms with E-state index in [1.54, 1.807) is 13.1 Å². The number of hydrogen-bond acceptors (Lipinski definition) is 2. The van der Waals surface area contributed by atoms with Crippen LogP contribution in [0, 0.1) is 0 Å². The molecule has 3 rings (SSSR count). The van der Waals surface area contributed by atoms with E-state index < -0.39 is 0 Å². The van der Waals surface area contributed by atoms with Gasteiger partial charge in [0.15, 0.2) is 0 Å². The fourth-order valence-electron chi connectivity index (χ4n) is 2.19. The molecule has 98 valence electrons. The number of amides is 1. The third-order valence-electron chi connectivity index (χ3n) is 3.25. The van der Waals surface area contributed by atoms with Crippen molar-refractivity contribution in [1.29, 1.82) is 0 Å². The van der Waals surface area contributed by atoms with Crippen LogP contribution in [0.4, 0.5) is 0 Å². The first-order valence-electron chi connectivity index (χ1n) is 6.46. The topological polar surface area (TPSA) is 42.0 Å². The van der Waals surface area contributed by atoms with E-state index >= 15 is 0 Å². The van der Waals surface area contributed by atoms with E-state index in [1.807, 2.05) is 54.6 Å². The van der Waals surface area contributed by atoms with Crippen molar-refractivity contribution in [1.82, 2.24) is 10.3 Å². The number of carbonyl (C=O) groups is 1. The highest BCUT2D eigenvalue weighted by Crippen LogP contribution is 2.21. The van der Waals surface area contributed by atoms with Crippen LogP contribution in [-0.4, -0.2) is 17.9 Å². The molecular formula is C17H14N2O. The minimum Gasteiger partial charge on any atom is -0.355 e.